The minimum absolute atomic E-state index is 0.175. The van der Waals surface area contributed by atoms with E-state index in [9.17, 15) is 4.79 Å². The molecule has 0 amide bonds. The first kappa shape index (κ1) is 14.3. The predicted molar refractivity (Wildman–Crippen MR) is 70.3 cm³/mol. The molecular weight excluding hydrogens is 252 g/mol. The van der Waals surface area contributed by atoms with E-state index in [0.29, 0.717) is 13.0 Å². The highest BCUT2D eigenvalue weighted by Crippen LogP contribution is 2.17. The zero-order valence-corrected chi connectivity index (χ0v) is 10.9. The van der Waals surface area contributed by atoms with Gasteiger partial charge in [0.15, 0.2) is 6.23 Å². The van der Waals surface area contributed by atoms with E-state index in [2.05, 4.69) is 6.07 Å². The molecule has 1 aromatic carbocycles. The molecule has 0 bridgehead atoms. The van der Waals surface area contributed by atoms with Crippen LogP contribution >= 0.6 is 11.6 Å². The number of ether oxygens (including phenoxy) is 1. The Labute approximate surface area is 112 Å². The number of hydrogen-bond acceptors (Lipinski definition) is 4. The summed E-state index contributed by atoms with van der Waals surface area (Å²) in [6.45, 7) is 2.26. The molecule has 0 saturated carbocycles. The quantitative estimate of drug-likeness (QED) is 0.451. The number of hydrogen-bond donors (Lipinski definition) is 0. The first-order valence-corrected chi connectivity index (χ1v) is 6.16. The van der Waals surface area contributed by atoms with Crippen molar-refractivity contribution < 1.29 is 9.53 Å². The molecular formula is C13H15ClN2O2. The molecule has 0 spiro atoms. The number of carbonyl (C=O) groups is 1. The average molecular weight is 267 g/mol. The molecule has 0 saturated heterocycles. The summed E-state index contributed by atoms with van der Waals surface area (Å²) in [5.74, 6) is -0.646. The molecule has 0 N–H and O–H groups in total. The number of halogens is 1. The number of para-hydroxylation sites is 1. The van der Waals surface area contributed by atoms with Gasteiger partial charge in [-0.2, -0.15) is 5.26 Å². The van der Waals surface area contributed by atoms with Gasteiger partial charge < -0.3 is 9.64 Å². The maximum atomic E-state index is 11.2. The highest BCUT2D eigenvalue weighted by molar-refractivity contribution is 6.26. The lowest BCUT2D eigenvalue weighted by Crippen LogP contribution is -2.37. The molecule has 1 unspecified atom stereocenters. The van der Waals surface area contributed by atoms with E-state index in [1.807, 2.05) is 35.2 Å². The van der Waals surface area contributed by atoms with Crippen LogP contribution < -0.4 is 4.90 Å². The minimum atomic E-state index is -0.470. The van der Waals surface area contributed by atoms with Gasteiger partial charge in [0.25, 0.3) is 0 Å². The zero-order chi connectivity index (χ0) is 13.4. The van der Waals surface area contributed by atoms with Gasteiger partial charge in [0.2, 0.25) is 0 Å². The normalized spacial score (nSPS) is 11.4. The number of nitrogens with zero attached hydrogens (tertiary/aromatic N) is 2. The van der Waals surface area contributed by atoms with Crippen LogP contribution in [0.15, 0.2) is 30.3 Å². The van der Waals surface area contributed by atoms with E-state index >= 15 is 0 Å². The highest BCUT2D eigenvalue weighted by Gasteiger charge is 2.17. The largest absolute Gasteiger partial charge is 0.441 e. The number of carbonyl (C=O) groups excluding carboxylic acids is 1. The summed E-state index contributed by atoms with van der Waals surface area (Å²) >= 11 is 5.41. The Morgan fingerprint density at radius 3 is 2.72 bits per heavy atom. The van der Waals surface area contributed by atoms with Gasteiger partial charge in [-0.05, 0) is 19.1 Å². The summed E-state index contributed by atoms with van der Waals surface area (Å²) in [6.07, 6.45) is -0.0931. The standard InChI is InChI=1S/C13H15ClN2O2/c1-11(18-13(17)10-14)16(9-5-8-15)12-6-3-2-4-7-12/h2-4,6-7,11H,5,9-10H2,1H3. The average Bonchev–Trinajstić information content (AvgIpc) is 2.40. The molecule has 0 heterocycles. The molecule has 5 heteroatoms. The van der Waals surface area contributed by atoms with Crippen LogP contribution in [0.5, 0.6) is 0 Å². The number of esters is 1. The van der Waals surface area contributed by atoms with Crippen molar-refractivity contribution in [1.82, 2.24) is 0 Å². The first-order valence-electron chi connectivity index (χ1n) is 5.63. The predicted octanol–water partition coefficient (Wildman–Crippen LogP) is 2.53. The van der Waals surface area contributed by atoms with Crippen molar-refractivity contribution in [3.63, 3.8) is 0 Å². The molecule has 96 valence electrons. The molecule has 1 atom stereocenters. The molecule has 18 heavy (non-hydrogen) atoms. The van der Waals surface area contributed by atoms with Crippen LogP contribution in [0.2, 0.25) is 0 Å². The lowest BCUT2D eigenvalue weighted by atomic mass is 10.2. The molecule has 0 aliphatic rings. The fourth-order valence-electron chi connectivity index (χ4n) is 1.60. The van der Waals surface area contributed by atoms with Crippen molar-refractivity contribution in [2.24, 2.45) is 0 Å². The third kappa shape index (κ3) is 4.27. The van der Waals surface area contributed by atoms with Crippen LogP contribution in [0.3, 0.4) is 0 Å². The number of rotatable bonds is 6. The summed E-state index contributed by atoms with van der Waals surface area (Å²) in [4.78, 5) is 13.0. The van der Waals surface area contributed by atoms with E-state index < -0.39 is 12.2 Å². The fourth-order valence-corrected chi connectivity index (χ4v) is 1.66. The van der Waals surface area contributed by atoms with Gasteiger partial charge >= 0.3 is 5.97 Å². The maximum absolute atomic E-state index is 11.2. The third-order valence-corrected chi connectivity index (χ3v) is 2.62. The summed E-state index contributed by atoms with van der Waals surface area (Å²) in [7, 11) is 0. The first-order chi connectivity index (χ1) is 8.69. The summed E-state index contributed by atoms with van der Waals surface area (Å²) in [5.41, 5.74) is 0.905. The molecule has 0 aliphatic carbocycles. The Kier molecular flexibility index (Phi) is 6.03. The van der Waals surface area contributed by atoms with E-state index in [1.165, 1.54) is 0 Å². The van der Waals surface area contributed by atoms with Crippen molar-refractivity contribution >= 4 is 23.3 Å². The highest BCUT2D eigenvalue weighted by atomic mass is 35.5. The van der Waals surface area contributed by atoms with Gasteiger partial charge in [-0.25, -0.2) is 0 Å². The Hall–Kier alpha value is -1.73. The second-order valence-corrected chi connectivity index (χ2v) is 3.93. The maximum Gasteiger partial charge on any atom is 0.322 e. The van der Waals surface area contributed by atoms with E-state index in [1.54, 1.807) is 6.92 Å². The monoisotopic (exact) mass is 266 g/mol. The van der Waals surface area contributed by atoms with Crippen LogP contribution in [0.25, 0.3) is 0 Å². The molecule has 0 radical (unpaired) electrons. The lowest BCUT2D eigenvalue weighted by molar-refractivity contribution is -0.145. The fraction of sp³-hybridized carbons (Fsp3) is 0.385. The lowest BCUT2D eigenvalue weighted by Gasteiger charge is -2.29. The Morgan fingerprint density at radius 1 is 1.50 bits per heavy atom. The SMILES string of the molecule is CC(OC(=O)CCl)N(CCC#N)c1ccccc1. The Bertz CT molecular complexity index is 417. The van der Waals surface area contributed by atoms with E-state index in [0.717, 1.165) is 5.69 Å². The molecule has 0 aromatic heterocycles. The number of alkyl halides is 1. The summed E-state index contributed by atoms with van der Waals surface area (Å²) in [6, 6.07) is 11.6. The molecule has 1 rings (SSSR count). The van der Waals surface area contributed by atoms with Crippen molar-refractivity contribution in [2.75, 3.05) is 17.3 Å². The molecule has 0 fully saturated rings. The van der Waals surface area contributed by atoms with Crippen molar-refractivity contribution in [3.8, 4) is 6.07 Å². The van der Waals surface area contributed by atoms with Crippen molar-refractivity contribution in [1.29, 1.82) is 5.26 Å². The van der Waals surface area contributed by atoms with Crippen LogP contribution in [0.1, 0.15) is 13.3 Å². The topological polar surface area (TPSA) is 53.3 Å². The van der Waals surface area contributed by atoms with Gasteiger partial charge in [-0.1, -0.05) is 18.2 Å². The van der Waals surface area contributed by atoms with E-state index in [-0.39, 0.29) is 5.88 Å². The molecule has 0 aliphatic heterocycles. The second-order valence-electron chi connectivity index (χ2n) is 3.66. The smallest absolute Gasteiger partial charge is 0.322 e. The van der Waals surface area contributed by atoms with Crippen LogP contribution in [-0.2, 0) is 9.53 Å². The van der Waals surface area contributed by atoms with Crippen LogP contribution in [0.4, 0.5) is 5.69 Å². The van der Waals surface area contributed by atoms with Crippen LogP contribution in [0, 0.1) is 11.3 Å². The summed E-state index contributed by atoms with van der Waals surface area (Å²) in [5, 5.41) is 8.67. The number of benzene rings is 1. The number of anilines is 1. The van der Waals surface area contributed by atoms with Gasteiger partial charge in [-0.3, -0.25) is 4.79 Å². The summed E-state index contributed by atoms with van der Waals surface area (Å²) < 4.78 is 5.16. The van der Waals surface area contributed by atoms with Gasteiger partial charge in [0.1, 0.15) is 5.88 Å². The van der Waals surface area contributed by atoms with Crippen LogP contribution in [-0.4, -0.2) is 24.6 Å². The molecule has 4 nitrogen and oxygen atoms in total. The van der Waals surface area contributed by atoms with Gasteiger partial charge in [-0.15, -0.1) is 11.6 Å². The Balaban J connectivity index is 2.78. The van der Waals surface area contributed by atoms with E-state index in [4.69, 9.17) is 21.6 Å². The number of nitriles is 1. The third-order valence-electron chi connectivity index (χ3n) is 2.40. The van der Waals surface area contributed by atoms with Gasteiger partial charge in [0.05, 0.1) is 12.5 Å². The van der Waals surface area contributed by atoms with Crippen molar-refractivity contribution in [2.45, 2.75) is 19.6 Å². The van der Waals surface area contributed by atoms with Crippen molar-refractivity contribution in [3.05, 3.63) is 30.3 Å². The molecule has 1 aromatic rings. The van der Waals surface area contributed by atoms with Gasteiger partial charge in [0, 0.05) is 12.2 Å². The minimum Gasteiger partial charge on any atom is -0.441 e. The zero-order valence-electron chi connectivity index (χ0n) is 10.2. The Morgan fingerprint density at radius 2 is 2.17 bits per heavy atom. The second kappa shape index (κ2) is 7.57.